The lowest BCUT2D eigenvalue weighted by Gasteiger charge is -2.18. The van der Waals surface area contributed by atoms with E-state index in [4.69, 9.17) is 0 Å². The lowest BCUT2D eigenvalue weighted by atomic mass is 10.1. The topological polar surface area (TPSA) is 20.3 Å². The molecule has 1 saturated heterocycles. The number of carbonyl (C=O) groups is 1. The fourth-order valence-corrected chi connectivity index (χ4v) is 3.34. The third-order valence-corrected chi connectivity index (χ3v) is 4.40. The molecule has 2 nitrogen and oxygen atoms in total. The molecule has 0 aromatic heterocycles. The van der Waals surface area contributed by atoms with Gasteiger partial charge in [-0.3, -0.25) is 4.79 Å². The van der Waals surface area contributed by atoms with E-state index in [2.05, 4.69) is 0 Å². The molecule has 0 bridgehead atoms. The lowest BCUT2D eigenvalue weighted by molar-refractivity contribution is -0.128. The zero-order valence-corrected chi connectivity index (χ0v) is 11.0. The second-order valence-corrected chi connectivity index (χ2v) is 5.63. The van der Waals surface area contributed by atoms with E-state index in [1.54, 1.807) is 16.7 Å². The van der Waals surface area contributed by atoms with Crippen LogP contribution in [0.4, 0.5) is 8.78 Å². The number of rotatable bonds is 1. The number of amides is 1. The number of hydrogen-bond acceptors (Lipinski definition) is 2. The van der Waals surface area contributed by atoms with Gasteiger partial charge in [-0.05, 0) is 24.6 Å². The Balaban J connectivity index is 2.14. The Kier molecular flexibility index (Phi) is 4.22. The van der Waals surface area contributed by atoms with Gasteiger partial charge in [0.15, 0.2) is 0 Å². The smallest absolute Gasteiger partial charge is 0.219 e. The van der Waals surface area contributed by atoms with Gasteiger partial charge in [0.1, 0.15) is 11.6 Å². The van der Waals surface area contributed by atoms with Crippen molar-refractivity contribution in [3.8, 4) is 0 Å². The highest BCUT2D eigenvalue weighted by molar-refractivity contribution is 7.99. The van der Waals surface area contributed by atoms with E-state index in [0.717, 1.165) is 11.8 Å². The molecule has 1 fully saturated rings. The molecule has 1 aromatic carbocycles. The monoisotopic (exact) mass is 271 g/mol. The first-order valence-electron chi connectivity index (χ1n) is 5.90. The van der Waals surface area contributed by atoms with Crippen LogP contribution < -0.4 is 0 Å². The first kappa shape index (κ1) is 13.3. The van der Waals surface area contributed by atoms with Crippen molar-refractivity contribution in [1.82, 2.24) is 4.90 Å². The third kappa shape index (κ3) is 3.02. The van der Waals surface area contributed by atoms with E-state index < -0.39 is 5.82 Å². The van der Waals surface area contributed by atoms with E-state index in [0.29, 0.717) is 25.1 Å². The summed E-state index contributed by atoms with van der Waals surface area (Å²) in [5, 5.41) is -0.0787. The summed E-state index contributed by atoms with van der Waals surface area (Å²) in [6.45, 7) is 2.81. The van der Waals surface area contributed by atoms with E-state index in [1.165, 1.54) is 19.1 Å². The molecule has 0 unspecified atom stereocenters. The minimum Gasteiger partial charge on any atom is -0.342 e. The summed E-state index contributed by atoms with van der Waals surface area (Å²) in [4.78, 5) is 13.1. The van der Waals surface area contributed by atoms with Crippen molar-refractivity contribution in [3.63, 3.8) is 0 Å². The predicted molar refractivity (Wildman–Crippen MR) is 68.4 cm³/mol. The standard InChI is InChI=1S/C13H15F2NOS/c1-9(17)16-5-4-13(18-7-6-16)11-8-10(14)2-3-12(11)15/h2-3,8,13H,4-7H2,1H3/t13-/m1/s1. The van der Waals surface area contributed by atoms with E-state index in [1.807, 2.05) is 0 Å². The van der Waals surface area contributed by atoms with E-state index >= 15 is 0 Å². The lowest BCUT2D eigenvalue weighted by Crippen LogP contribution is -2.30. The van der Waals surface area contributed by atoms with Crippen LogP contribution in [0, 0.1) is 11.6 Å². The van der Waals surface area contributed by atoms with Crippen LogP contribution in [0.1, 0.15) is 24.2 Å². The number of halogens is 2. The number of carbonyl (C=O) groups excluding carboxylic acids is 1. The maximum Gasteiger partial charge on any atom is 0.219 e. The normalized spacial score (nSPS) is 20.6. The molecule has 0 saturated carbocycles. The largest absolute Gasteiger partial charge is 0.342 e. The quantitative estimate of drug-likeness (QED) is 0.782. The highest BCUT2D eigenvalue weighted by Gasteiger charge is 2.22. The van der Waals surface area contributed by atoms with Crippen LogP contribution in [-0.2, 0) is 4.79 Å². The van der Waals surface area contributed by atoms with Crippen molar-refractivity contribution in [2.75, 3.05) is 18.8 Å². The van der Waals surface area contributed by atoms with Crippen LogP contribution in [0.2, 0.25) is 0 Å². The van der Waals surface area contributed by atoms with Gasteiger partial charge in [-0.25, -0.2) is 8.78 Å². The molecule has 1 aliphatic rings. The molecule has 0 N–H and O–H groups in total. The molecular weight excluding hydrogens is 256 g/mol. The number of nitrogens with zero attached hydrogens (tertiary/aromatic N) is 1. The number of hydrogen-bond donors (Lipinski definition) is 0. The second kappa shape index (κ2) is 5.69. The van der Waals surface area contributed by atoms with Crippen molar-refractivity contribution >= 4 is 17.7 Å². The van der Waals surface area contributed by atoms with Gasteiger partial charge in [-0.1, -0.05) is 0 Å². The maximum absolute atomic E-state index is 13.7. The Labute approximate surface area is 109 Å². The maximum atomic E-state index is 13.7. The zero-order valence-electron chi connectivity index (χ0n) is 10.2. The predicted octanol–water partition coefficient (Wildman–Crippen LogP) is 2.99. The van der Waals surface area contributed by atoms with Gasteiger partial charge in [0.2, 0.25) is 5.91 Å². The van der Waals surface area contributed by atoms with Crippen molar-refractivity contribution in [3.05, 3.63) is 35.4 Å². The zero-order chi connectivity index (χ0) is 13.1. The third-order valence-electron chi connectivity index (χ3n) is 3.09. The van der Waals surface area contributed by atoms with Gasteiger partial charge in [0, 0.05) is 36.6 Å². The summed E-state index contributed by atoms with van der Waals surface area (Å²) >= 11 is 1.58. The summed E-state index contributed by atoms with van der Waals surface area (Å²) in [6.07, 6.45) is 0.657. The molecule has 1 amide bonds. The average Bonchev–Trinajstić information content (AvgIpc) is 2.58. The first-order valence-corrected chi connectivity index (χ1v) is 6.95. The molecule has 2 rings (SSSR count). The van der Waals surface area contributed by atoms with Gasteiger partial charge in [0.25, 0.3) is 0 Å². The number of benzene rings is 1. The van der Waals surface area contributed by atoms with Crippen LogP contribution >= 0.6 is 11.8 Å². The molecular formula is C13H15F2NOS. The molecule has 0 spiro atoms. The minimum atomic E-state index is -0.417. The average molecular weight is 271 g/mol. The van der Waals surface area contributed by atoms with Gasteiger partial charge < -0.3 is 4.90 Å². The Bertz CT molecular complexity index is 453. The van der Waals surface area contributed by atoms with Crippen molar-refractivity contribution < 1.29 is 13.6 Å². The van der Waals surface area contributed by atoms with Crippen molar-refractivity contribution in [1.29, 1.82) is 0 Å². The fourth-order valence-electron chi connectivity index (χ4n) is 2.09. The van der Waals surface area contributed by atoms with Crippen LogP contribution in [0.3, 0.4) is 0 Å². The molecule has 1 heterocycles. The Morgan fingerprint density at radius 2 is 2.17 bits per heavy atom. The highest BCUT2D eigenvalue weighted by atomic mass is 32.2. The Hall–Kier alpha value is -1.10. The summed E-state index contributed by atoms with van der Waals surface area (Å²) in [7, 11) is 0. The summed E-state index contributed by atoms with van der Waals surface area (Å²) in [6, 6.07) is 3.55. The van der Waals surface area contributed by atoms with Crippen LogP contribution in [0.5, 0.6) is 0 Å². The first-order chi connectivity index (χ1) is 8.58. The minimum absolute atomic E-state index is 0.0379. The highest BCUT2D eigenvalue weighted by Crippen LogP contribution is 2.35. The second-order valence-electron chi connectivity index (χ2n) is 4.32. The molecule has 1 atom stereocenters. The molecule has 1 aliphatic heterocycles. The molecule has 0 radical (unpaired) electrons. The summed E-state index contributed by atoms with van der Waals surface area (Å²) in [5.41, 5.74) is 0.408. The van der Waals surface area contributed by atoms with Crippen LogP contribution in [-0.4, -0.2) is 29.6 Å². The summed E-state index contributed by atoms with van der Waals surface area (Å²) < 4.78 is 26.9. The van der Waals surface area contributed by atoms with E-state index in [9.17, 15) is 13.6 Å². The SMILES string of the molecule is CC(=O)N1CCS[C@@H](c2cc(F)ccc2F)CC1. The van der Waals surface area contributed by atoms with Crippen molar-refractivity contribution in [2.24, 2.45) is 0 Å². The Morgan fingerprint density at radius 3 is 2.89 bits per heavy atom. The fraction of sp³-hybridized carbons (Fsp3) is 0.462. The van der Waals surface area contributed by atoms with Crippen molar-refractivity contribution in [2.45, 2.75) is 18.6 Å². The molecule has 98 valence electrons. The van der Waals surface area contributed by atoms with Gasteiger partial charge in [-0.2, -0.15) is 11.8 Å². The van der Waals surface area contributed by atoms with Gasteiger partial charge in [0.05, 0.1) is 0 Å². The van der Waals surface area contributed by atoms with Gasteiger partial charge in [-0.15, -0.1) is 0 Å². The molecule has 18 heavy (non-hydrogen) atoms. The van der Waals surface area contributed by atoms with Gasteiger partial charge >= 0.3 is 0 Å². The number of thioether (sulfide) groups is 1. The molecule has 0 aliphatic carbocycles. The van der Waals surface area contributed by atoms with Crippen LogP contribution in [0.25, 0.3) is 0 Å². The molecule has 1 aromatic rings. The Morgan fingerprint density at radius 1 is 1.39 bits per heavy atom. The molecule has 5 heteroatoms. The van der Waals surface area contributed by atoms with Crippen LogP contribution in [0.15, 0.2) is 18.2 Å². The van der Waals surface area contributed by atoms with E-state index in [-0.39, 0.29) is 17.0 Å². The summed E-state index contributed by atoms with van der Waals surface area (Å²) in [5.74, 6) is 0.000949.